The predicted octanol–water partition coefficient (Wildman–Crippen LogP) is 0.843. The quantitative estimate of drug-likeness (QED) is 0.642. The maximum atomic E-state index is 12.8. The van der Waals surface area contributed by atoms with Crippen LogP contribution in [-0.4, -0.2) is 32.5 Å². The molecule has 2 atom stereocenters. The van der Waals surface area contributed by atoms with Crippen molar-refractivity contribution in [1.29, 1.82) is 0 Å². The van der Waals surface area contributed by atoms with Crippen molar-refractivity contribution in [2.75, 3.05) is 4.90 Å². The highest BCUT2D eigenvalue weighted by molar-refractivity contribution is 7.79. The van der Waals surface area contributed by atoms with Crippen LogP contribution in [-0.2, 0) is 20.7 Å². The lowest BCUT2D eigenvalue weighted by molar-refractivity contribution is -0.134. The second-order valence-corrected chi connectivity index (χ2v) is 6.60. The third kappa shape index (κ3) is 2.00. The molecule has 1 N–H and O–H groups in total. The van der Waals surface area contributed by atoms with E-state index in [1.54, 1.807) is 18.2 Å². The van der Waals surface area contributed by atoms with Crippen molar-refractivity contribution >= 4 is 45.3 Å². The first-order valence-corrected chi connectivity index (χ1v) is 8.39. The number of imide groups is 1. The summed E-state index contributed by atoms with van der Waals surface area (Å²) in [7, 11) is 0. The summed E-state index contributed by atoms with van der Waals surface area (Å²) in [6, 6.07) is 7.03. The van der Waals surface area contributed by atoms with Crippen LogP contribution in [0.15, 0.2) is 35.2 Å². The van der Waals surface area contributed by atoms with Crippen LogP contribution >= 0.6 is 0 Å². The number of amides is 3. The lowest BCUT2D eigenvalue weighted by atomic mass is 10.0. The van der Waals surface area contributed by atoms with E-state index in [-0.39, 0.29) is 29.6 Å². The van der Waals surface area contributed by atoms with Crippen LogP contribution in [0.25, 0.3) is 10.8 Å². The molecule has 1 saturated heterocycles. The summed E-state index contributed by atoms with van der Waals surface area (Å²) in [5, 5.41) is 3.21. The van der Waals surface area contributed by atoms with Crippen LogP contribution in [0, 0.1) is 0 Å². The minimum atomic E-state index is -2.43. The number of hydrogen-bond acceptors (Lipinski definition) is 5. The van der Waals surface area contributed by atoms with Crippen molar-refractivity contribution in [3.05, 3.63) is 35.9 Å². The van der Waals surface area contributed by atoms with Crippen LogP contribution in [0.2, 0.25) is 0 Å². The summed E-state index contributed by atoms with van der Waals surface area (Å²) in [5.74, 6) is -1.24. The Labute approximate surface area is 138 Å². The Morgan fingerprint density at radius 2 is 1.96 bits per heavy atom. The van der Waals surface area contributed by atoms with Crippen LogP contribution in [0.5, 0.6) is 0 Å². The topological polar surface area (TPSA) is 107 Å². The van der Waals surface area contributed by atoms with Gasteiger partial charge in [-0.25, -0.2) is 0 Å². The summed E-state index contributed by atoms with van der Waals surface area (Å²) in [4.78, 5) is 37.8. The lowest BCUT2D eigenvalue weighted by Gasteiger charge is -2.30. The third-order valence-corrected chi connectivity index (χ3v) is 5.10. The summed E-state index contributed by atoms with van der Waals surface area (Å²) < 4.78 is 22.8. The van der Waals surface area contributed by atoms with Gasteiger partial charge in [0.15, 0.2) is 0 Å². The number of hydrogen-bond donors (Lipinski definition) is 1. The molecule has 0 radical (unpaired) electrons. The summed E-state index contributed by atoms with van der Waals surface area (Å²) >= 11 is -2.43. The summed E-state index contributed by atoms with van der Waals surface area (Å²) in [6.45, 7) is 0. The molecular formula is C16H11N2O5S-. The van der Waals surface area contributed by atoms with Crippen LogP contribution in [0.3, 0.4) is 0 Å². The largest absolute Gasteiger partial charge is 0.768 e. The SMILES string of the molecule is O=C1CCC(N2C(=O)c3cccc4c(S(=O)[O-])ccc2c34)C(=O)N1. The highest BCUT2D eigenvalue weighted by Gasteiger charge is 2.40. The highest BCUT2D eigenvalue weighted by atomic mass is 32.2. The van der Waals surface area contributed by atoms with E-state index in [0.717, 1.165) is 0 Å². The molecule has 1 fully saturated rings. The monoisotopic (exact) mass is 343 g/mol. The molecule has 0 bridgehead atoms. The molecule has 7 nitrogen and oxygen atoms in total. The van der Waals surface area contributed by atoms with Gasteiger partial charge < -0.3 is 4.55 Å². The molecule has 122 valence electrons. The van der Waals surface area contributed by atoms with Crippen molar-refractivity contribution in [3.63, 3.8) is 0 Å². The Morgan fingerprint density at radius 3 is 2.67 bits per heavy atom. The zero-order valence-electron chi connectivity index (χ0n) is 12.3. The zero-order chi connectivity index (χ0) is 17.0. The normalized spacial score (nSPS) is 21.3. The molecule has 0 aliphatic carbocycles. The van der Waals surface area contributed by atoms with Crippen molar-refractivity contribution < 1.29 is 23.1 Å². The number of anilines is 1. The van der Waals surface area contributed by atoms with Crippen molar-refractivity contribution in [2.45, 2.75) is 23.8 Å². The van der Waals surface area contributed by atoms with Gasteiger partial charge in [-0.1, -0.05) is 12.1 Å². The Kier molecular flexibility index (Phi) is 3.26. The lowest BCUT2D eigenvalue weighted by Crippen LogP contribution is -2.53. The van der Waals surface area contributed by atoms with Crippen LogP contribution < -0.4 is 10.2 Å². The molecule has 0 spiro atoms. The van der Waals surface area contributed by atoms with E-state index in [2.05, 4.69) is 5.32 Å². The van der Waals surface area contributed by atoms with Gasteiger partial charge in [-0.15, -0.1) is 0 Å². The van der Waals surface area contributed by atoms with E-state index in [1.165, 1.54) is 17.0 Å². The molecule has 8 heteroatoms. The minimum absolute atomic E-state index is 0.105. The first kappa shape index (κ1) is 15.0. The fourth-order valence-electron chi connectivity index (χ4n) is 3.36. The second kappa shape index (κ2) is 5.22. The van der Waals surface area contributed by atoms with Crippen LogP contribution in [0.4, 0.5) is 5.69 Å². The molecule has 2 aliphatic rings. The fourth-order valence-corrected chi connectivity index (χ4v) is 3.89. The molecule has 2 unspecified atom stereocenters. The van der Waals surface area contributed by atoms with Gasteiger partial charge in [-0.3, -0.25) is 28.8 Å². The molecule has 0 saturated carbocycles. The van der Waals surface area contributed by atoms with Gasteiger partial charge in [0.25, 0.3) is 5.91 Å². The Hall–Kier alpha value is -2.58. The number of nitrogens with one attached hydrogen (secondary N) is 1. The average molecular weight is 343 g/mol. The molecular weight excluding hydrogens is 332 g/mol. The Bertz CT molecular complexity index is 955. The summed E-state index contributed by atoms with van der Waals surface area (Å²) in [6.07, 6.45) is 0.392. The van der Waals surface area contributed by atoms with Gasteiger partial charge in [-0.2, -0.15) is 0 Å². The maximum Gasteiger partial charge on any atom is 0.259 e. The molecule has 0 aromatic heterocycles. The number of nitrogens with zero attached hydrogens (tertiary/aromatic N) is 1. The van der Waals surface area contributed by atoms with Crippen LogP contribution in [0.1, 0.15) is 23.2 Å². The molecule has 24 heavy (non-hydrogen) atoms. The van der Waals surface area contributed by atoms with E-state index in [9.17, 15) is 23.1 Å². The third-order valence-electron chi connectivity index (χ3n) is 4.39. The second-order valence-electron chi connectivity index (χ2n) is 5.69. The van der Waals surface area contributed by atoms with E-state index >= 15 is 0 Å². The first-order valence-electron chi connectivity index (χ1n) is 7.31. The molecule has 2 aromatic carbocycles. The van der Waals surface area contributed by atoms with Crippen molar-refractivity contribution in [1.82, 2.24) is 5.32 Å². The first-order chi connectivity index (χ1) is 11.5. The number of piperidine rings is 1. The fraction of sp³-hybridized carbons (Fsp3) is 0.188. The molecule has 4 rings (SSSR count). The van der Waals surface area contributed by atoms with E-state index in [1.807, 2.05) is 0 Å². The Morgan fingerprint density at radius 1 is 1.17 bits per heavy atom. The molecule has 2 aromatic rings. The van der Waals surface area contributed by atoms with Gasteiger partial charge in [0.05, 0.1) is 5.69 Å². The predicted molar refractivity (Wildman–Crippen MR) is 84.1 cm³/mol. The van der Waals surface area contributed by atoms with Gasteiger partial charge in [-0.05, 0) is 41.1 Å². The smallest absolute Gasteiger partial charge is 0.259 e. The average Bonchev–Trinajstić information content (AvgIpc) is 2.82. The molecule has 3 amide bonds. The standard InChI is InChI=1S/C16H12N2O5S/c19-13-7-5-11(15(20)17-13)18-10-4-6-12(24(22)23)8-2-1-3-9(14(8)10)16(18)21/h1-4,6,11H,5,7H2,(H,22,23)(H,17,19,20)/p-1. The maximum absolute atomic E-state index is 12.8. The number of carbonyl (C=O) groups excluding carboxylic acids is 3. The highest BCUT2D eigenvalue weighted by Crippen LogP contribution is 2.41. The van der Waals surface area contributed by atoms with Gasteiger partial charge in [0.1, 0.15) is 6.04 Å². The number of rotatable bonds is 2. The minimum Gasteiger partial charge on any atom is -0.768 e. The van der Waals surface area contributed by atoms with Crippen molar-refractivity contribution in [2.24, 2.45) is 0 Å². The van der Waals surface area contributed by atoms with E-state index < -0.39 is 23.0 Å². The zero-order valence-corrected chi connectivity index (χ0v) is 13.1. The van der Waals surface area contributed by atoms with E-state index in [0.29, 0.717) is 22.0 Å². The number of carbonyl (C=O) groups is 3. The van der Waals surface area contributed by atoms with Gasteiger partial charge in [0.2, 0.25) is 11.8 Å². The van der Waals surface area contributed by atoms with E-state index in [4.69, 9.17) is 0 Å². The summed E-state index contributed by atoms with van der Waals surface area (Å²) in [5.41, 5.74) is 0.855. The van der Waals surface area contributed by atoms with Crippen molar-refractivity contribution in [3.8, 4) is 0 Å². The Balaban J connectivity index is 1.90. The van der Waals surface area contributed by atoms with Gasteiger partial charge in [0, 0.05) is 22.3 Å². The molecule has 2 aliphatic heterocycles. The molecule has 2 heterocycles. The number of benzene rings is 2. The van der Waals surface area contributed by atoms with Gasteiger partial charge >= 0.3 is 0 Å².